The minimum Gasteiger partial charge on any atom is -0.321 e. The van der Waals surface area contributed by atoms with E-state index in [1.165, 1.54) is 6.21 Å². The number of hydrogen-bond donors (Lipinski definition) is 1. The van der Waals surface area contributed by atoms with Crippen LogP contribution in [0.1, 0.15) is 61.0 Å². The van der Waals surface area contributed by atoms with Crippen LogP contribution in [0, 0.1) is 0 Å². The zero-order valence-corrected chi connectivity index (χ0v) is 20.6. The van der Waals surface area contributed by atoms with Gasteiger partial charge in [-0.1, -0.05) is 107 Å². The van der Waals surface area contributed by atoms with Gasteiger partial charge in [0.25, 0.3) is 5.56 Å². The molecule has 0 spiro atoms. The monoisotopic (exact) mass is 462 g/mol. The van der Waals surface area contributed by atoms with E-state index in [2.05, 4.69) is 44.8 Å². The molecule has 0 aliphatic heterocycles. The number of carbonyl (C=O) groups is 1. The van der Waals surface area contributed by atoms with E-state index in [4.69, 9.17) is 4.99 Å². The number of benzene rings is 3. The van der Waals surface area contributed by atoms with Crippen LogP contribution >= 0.6 is 0 Å². The van der Waals surface area contributed by atoms with Crippen LogP contribution in [0.3, 0.4) is 0 Å². The number of ketones is 1. The van der Waals surface area contributed by atoms with Crippen molar-refractivity contribution in [2.24, 2.45) is 4.99 Å². The third kappa shape index (κ3) is 5.22. The van der Waals surface area contributed by atoms with Gasteiger partial charge in [-0.25, -0.2) is 0 Å². The summed E-state index contributed by atoms with van der Waals surface area (Å²) in [4.78, 5) is 34.5. The Morgan fingerprint density at radius 2 is 1.31 bits per heavy atom. The molecular formula is C31H30N2O2. The summed E-state index contributed by atoms with van der Waals surface area (Å²) in [5, 5.41) is 0. The molecule has 176 valence electrons. The molecule has 0 atom stereocenters. The molecule has 1 aromatic heterocycles. The van der Waals surface area contributed by atoms with Gasteiger partial charge in [-0.2, -0.15) is 0 Å². The average Bonchev–Trinajstić information content (AvgIpc) is 2.87. The Hall–Kier alpha value is -4.05. The molecular weight excluding hydrogens is 432 g/mol. The van der Waals surface area contributed by atoms with Crippen molar-refractivity contribution in [1.29, 1.82) is 0 Å². The van der Waals surface area contributed by atoms with Gasteiger partial charge < -0.3 is 4.98 Å². The first-order valence-corrected chi connectivity index (χ1v) is 12.0. The summed E-state index contributed by atoms with van der Waals surface area (Å²) in [6, 6.07) is 26.7. The van der Waals surface area contributed by atoms with Crippen LogP contribution in [0.4, 0.5) is 5.69 Å². The van der Waals surface area contributed by atoms with Crippen LogP contribution in [-0.2, 0) is 0 Å². The van der Waals surface area contributed by atoms with Gasteiger partial charge in [-0.05, 0) is 40.2 Å². The van der Waals surface area contributed by atoms with E-state index in [0.29, 0.717) is 22.4 Å². The van der Waals surface area contributed by atoms with Gasteiger partial charge in [-0.15, -0.1) is 0 Å². The lowest BCUT2D eigenvalue weighted by molar-refractivity contribution is 0.107. The molecule has 1 heterocycles. The van der Waals surface area contributed by atoms with Crippen molar-refractivity contribution in [3.8, 4) is 22.4 Å². The molecule has 0 amide bonds. The van der Waals surface area contributed by atoms with Crippen molar-refractivity contribution in [2.75, 3.05) is 0 Å². The average molecular weight is 463 g/mol. The highest BCUT2D eigenvalue weighted by atomic mass is 16.1. The number of aromatic amines is 1. The summed E-state index contributed by atoms with van der Waals surface area (Å²) < 4.78 is 0. The Balaban J connectivity index is 1.87. The maximum atomic E-state index is 13.6. The number of aliphatic imine (C=N–C) groups is 1. The molecule has 0 aliphatic carbocycles. The minimum absolute atomic E-state index is 0.264. The first-order valence-electron chi connectivity index (χ1n) is 12.0. The Kier molecular flexibility index (Phi) is 7.21. The zero-order chi connectivity index (χ0) is 24.9. The second kappa shape index (κ2) is 10.5. The van der Waals surface area contributed by atoms with Crippen molar-refractivity contribution < 1.29 is 4.79 Å². The topological polar surface area (TPSA) is 62.3 Å². The first kappa shape index (κ1) is 24.1. The third-order valence-corrected chi connectivity index (χ3v) is 6.10. The Labute approximate surface area is 206 Å². The van der Waals surface area contributed by atoms with Gasteiger partial charge in [0.2, 0.25) is 5.78 Å². The van der Waals surface area contributed by atoms with Crippen molar-refractivity contribution in [3.63, 3.8) is 0 Å². The molecule has 0 unspecified atom stereocenters. The number of nitrogens with zero attached hydrogens (tertiary/aromatic N) is 1. The van der Waals surface area contributed by atoms with Crippen LogP contribution in [0.5, 0.6) is 0 Å². The van der Waals surface area contributed by atoms with E-state index >= 15 is 0 Å². The maximum absolute atomic E-state index is 13.6. The fourth-order valence-electron chi connectivity index (χ4n) is 4.27. The summed E-state index contributed by atoms with van der Waals surface area (Å²) in [5.74, 6) is 0.223. The second-order valence-electron chi connectivity index (χ2n) is 9.25. The molecule has 0 radical (unpaired) electrons. The van der Waals surface area contributed by atoms with Crippen LogP contribution < -0.4 is 5.56 Å². The van der Waals surface area contributed by atoms with E-state index in [0.717, 1.165) is 22.4 Å². The maximum Gasteiger partial charge on any atom is 0.257 e. The minimum atomic E-state index is -0.306. The summed E-state index contributed by atoms with van der Waals surface area (Å²) in [5.41, 5.74) is 5.52. The van der Waals surface area contributed by atoms with Crippen molar-refractivity contribution in [2.45, 2.75) is 39.5 Å². The number of para-hydroxylation sites is 1. The number of hydrogen-bond acceptors (Lipinski definition) is 3. The van der Waals surface area contributed by atoms with E-state index < -0.39 is 0 Å². The Bertz CT molecular complexity index is 1390. The summed E-state index contributed by atoms with van der Waals surface area (Å²) in [7, 11) is 0. The van der Waals surface area contributed by atoms with Gasteiger partial charge in [0, 0.05) is 11.3 Å². The highest BCUT2D eigenvalue weighted by Crippen LogP contribution is 2.34. The Morgan fingerprint density at radius 3 is 1.86 bits per heavy atom. The van der Waals surface area contributed by atoms with Gasteiger partial charge in [0.05, 0.1) is 17.5 Å². The number of rotatable bonds is 7. The summed E-state index contributed by atoms with van der Waals surface area (Å²) >= 11 is 0. The fraction of sp³-hybridized carbons (Fsp3) is 0.194. The molecule has 0 saturated carbocycles. The number of carbonyl (C=O) groups excluding carboxylic acids is 1. The lowest BCUT2D eigenvalue weighted by atomic mass is 9.93. The van der Waals surface area contributed by atoms with E-state index in [1.54, 1.807) is 6.07 Å². The molecule has 1 N–H and O–H groups in total. The van der Waals surface area contributed by atoms with Crippen molar-refractivity contribution in [3.05, 3.63) is 112 Å². The number of Topliss-reactive ketones (excluding diaryl/α,β-unsaturated/α-hetero) is 1. The SMILES string of the molecule is CC(C)c1cccc(C(C)C)c1N=CC(=O)c1cc(-c2ccccc2)[nH]c(=O)c1-c1ccccc1. The standard InChI is InChI=1S/C31H30N2O2/c1-20(2)24-16-11-17-25(21(3)4)30(24)32-19-28(34)26-18-27(22-12-7-5-8-13-22)33-31(35)29(26)23-14-9-6-10-15-23/h5-21H,1-4H3,(H,33,35). The third-order valence-electron chi connectivity index (χ3n) is 6.10. The molecule has 35 heavy (non-hydrogen) atoms. The number of H-pyrrole nitrogens is 1. The van der Waals surface area contributed by atoms with Crippen LogP contribution in [-0.4, -0.2) is 17.0 Å². The number of aromatic nitrogens is 1. The predicted octanol–water partition coefficient (Wildman–Crippen LogP) is 7.54. The second-order valence-corrected chi connectivity index (χ2v) is 9.25. The van der Waals surface area contributed by atoms with Gasteiger partial charge in [0.1, 0.15) is 0 Å². The van der Waals surface area contributed by atoms with E-state index in [1.807, 2.05) is 66.7 Å². The largest absolute Gasteiger partial charge is 0.321 e. The molecule has 0 bridgehead atoms. The lowest BCUT2D eigenvalue weighted by Gasteiger charge is -2.16. The molecule has 0 aliphatic rings. The molecule has 0 fully saturated rings. The smallest absolute Gasteiger partial charge is 0.257 e. The number of nitrogens with one attached hydrogen (secondary N) is 1. The lowest BCUT2D eigenvalue weighted by Crippen LogP contribution is -2.17. The molecule has 3 aromatic carbocycles. The summed E-state index contributed by atoms with van der Waals surface area (Å²) in [6.45, 7) is 8.49. The van der Waals surface area contributed by atoms with Crippen LogP contribution in [0.25, 0.3) is 22.4 Å². The fourth-order valence-corrected chi connectivity index (χ4v) is 4.27. The van der Waals surface area contributed by atoms with E-state index in [9.17, 15) is 9.59 Å². The zero-order valence-electron chi connectivity index (χ0n) is 20.6. The molecule has 4 rings (SSSR count). The van der Waals surface area contributed by atoms with Crippen LogP contribution in [0.15, 0.2) is 94.7 Å². The van der Waals surface area contributed by atoms with Gasteiger partial charge >= 0.3 is 0 Å². The normalized spacial score (nSPS) is 11.5. The number of pyridine rings is 1. The van der Waals surface area contributed by atoms with Crippen molar-refractivity contribution in [1.82, 2.24) is 4.98 Å². The molecule has 4 aromatic rings. The van der Waals surface area contributed by atoms with Crippen molar-refractivity contribution >= 4 is 17.7 Å². The highest BCUT2D eigenvalue weighted by molar-refractivity contribution is 6.37. The van der Waals surface area contributed by atoms with E-state index in [-0.39, 0.29) is 23.2 Å². The molecule has 4 nitrogen and oxygen atoms in total. The quantitative estimate of drug-likeness (QED) is 0.228. The summed E-state index contributed by atoms with van der Waals surface area (Å²) in [6.07, 6.45) is 1.36. The van der Waals surface area contributed by atoms with Gasteiger partial charge in [0.15, 0.2) is 0 Å². The first-order chi connectivity index (χ1) is 16.9. The predicted molar refractivity (Wildman–Crippen MR) is 145 cm³/mol. The Morgan fingerprint density at radius 1 is 0.771 bits per heavy atom. The molecule has 4 heteroatoms. The highest BCUT2D eigenvalue weighted by Gasteiger charge is 2.19. The van der Waals surface area contributed by atoms with Crippen LogP contribution in [0.2, 0.25) is 0 Å². The molecule has 0 saturated heterocycles. The van der Waals surface area contributed by atoms with Gasteiger partial charge in [-0.3, -0.25) is 14.6 Å².